The van der Waals surface area contributed by atoms with Gasteiger partial charge in [-0.05, 0) is 50.3 Å². The highest BCUT2D eigenvalue weighted by Gasteiger charge is 2.33. The van der Waals surface area contributed by atoms with Crippen LogP contribution < -0.4 is 5.32 Å². The van der Waals surface area contributed by atoms with Gasteiger partial charge in [-0.15, -0.1) is 0 Å². The molecular weight excluding hydrogens is 304 g/mol. The molecule has 1 unspecified atom stereocenters. The van der Waals surface area contributed by atoms with E-state index in [0.29, 0.717) is 17.0 Å². The molecular formula is C19H20N2O3. The van der Waals surface area contributed by atoms with Crippen LogP contribution in [0.15, 0.2) is 42.5 Å². The number of nitro benzene ring substituents is 1. The third-order valence-corrected chi connectivity index (χ3v) is 4.47. The molecule has 5 heteroatoms. The van der Waals surface area contributed by atoms with E-state index in [2.05, 4.69) is 17.4 Å². The monoisotopic (exact) mass is 324 g/mol. The lowest BCUT2D eigenvalue weighted by Gasteiger charge is -2.19. The molecule has 124 valence electrons. The summed E-state index contributed by atoms with van der Waals surface area (Å²) in [4.78, 5) is 23.0. The number of aryl methyl sites for hydroxylation is 2. The first kappa shape index (κ1) is 16.2. The Balaban J connectivity index is 1.80. The third-order valence-electron chi connectivity index (χ3n) is 4.47. The summed E-state index contributed by atoms with van der Waals surface area (Å²) < 4.78 is 0. The SMILES string of the molecule is Cc1ccc(C(NC(=O)c2ccc([N+](=O)[O-])c(C)c2)C2CC2)cc1. The Morgan fingerprint density at radius 1 is 1.17 bits per heavy atom. The Kier molecular flexibility index (Phi) is 4.34. The fourth-order valence-electron chi connectivity index (χ4n) is 2.90. The number of nitro groups is 1. The molecule has 1 N–H and O–H groups in total. The highest BCUT2D eigenvalue weighted by atomic mass is 16.6. The molecule has 1 aliphatic rings. The van der Waals surface area contributed by atoms with Gasteiger partial charge in [-0.25, -0.2) is 0 Å². The fraction of sp³-hybridized carbons (Fsp3) is 0.316. The number of rotatable bonds is 5. The first-order chi connectivity index (χ1) is 11.5. The highest BCUT2D eigenvalue weighted by Crippen LogP contribution is 2.41. The Hall–Kier alpha value is -2.69. The molecule has 0 spiro atoms. The molecule has 1 aliphatic carbocycles. The van der Waals surface area contributed by atoms with Crippen molar-refractivity contribution < 1.29 is 9.72 Å². The van der Waals surface area contributed by atoms with E-state index in [1.807, 2.05) is 19.1 Å². The Bertz CT molecular complexity index is 780. The van der Waals surface area contributed by atoms with Crippen LogP contribution in [-0.4, -0.2) is 10.8 Å². The van der Waals surface area contributed by atoms with Crippen molar-refractivity contribution in [3.05, 3.63) is 74.8 Å². The zero-order valence-corrected chi connectivity index (χ0v) is 13.8. The van der Waals surface area contributed by atoms with Crippen molar-refractivity contribution in [1.82, 2.24) is 5.32 Å². The van der Waals surface area contributed by atoms with Crippen molar-refractivity contribution in [1.29, 1.82) is 0 Å². The standard InChI is InChI=1S/C19H20N2O3/c1-12-3-5-14(6-4-12)18(15-7-8-15)20-19(22)16-9-10-17(21(23)24)13(2)11-16/h3-6,9-11,15,18H,7-8H2,1-2H3,(H,20,22). The molecule has 1 saturated carbocycles. The van der Waals surface area contributed by atoms with Crippen molar-refractivity contribution in [3.8, 4) is 0 Å². The number of nitrogens with one attached hydrogen (secondary N) is 1. The molecule has 0 saturated heterocycles. The van der Waals surface area contributed by atoms with Gasteiger partial charge in [0.1, 0.15) is 0 Å². The van der Waals surface area contributed by atoms with E-state index in [9.17, 15) is 14.9 Å². The first-order valence-electron chi connectivity index (χ1n) is 8.08. The normalized spacial score (nSPS) is 14.9. The molecule has 3 rings (SSSR count). The Labute approximate surface area is 140 Å². The number of amides is 1. The maximum absolute atomic E-state index is 12.6. The number of carbonyl (C=O) groups excluding carboxylic acids is 1. The predicted octanol–water partition coefficient (Wildman–Crippen LogP) is 4.09. The smallest absolute Gasteiger partial charge is 0.272 e. The van der Waals surface area contributed by atoms with Gasteiger partial charge in [0.05, 0.1) is 11.0 Å². The van der Waals surface area contributed by atoms with Gasteiger partial charge in [0.2, 0.25) is 0 Å². The van der Waals surface area contributed by atoms with Crippen LogP contribution in [0.3, 0.4) is 0 Å². The van der Waals surface area contributed by atoms with E-state index < -0.39 is 4.92 Å². The molecule has 0 aliphatic heterocycles. The highest BCUT2D eigenvalue weighted by molar-refractivity contribution is 5.95. The van der Waals surface area contributed by atoms with E-state index >= 15 is 0 Å². The predicted molar refractivity (Wildman–Crippen MR) is 91.9 cm³/mol. The first-order valence-corrected chi connectivity index (χ1v) is 8.08. The van der Waals surface area contributed by atoms with E-state index in [1.165, 1.54) is 17.7 Å². The maximum atomic E-state index is 12.6. The van der Waals surface area contributed by atoms with Crippen LogP contribution in [0, 0.1) is 29.9 Å². The van der Waals surface area contributed by atoms with Gasteiger partial charge in [-0.2, -0.15) is 0 Å². The molecule has 5 nitrogen and oxygen atoms in total. The lowest BCUT2D eigenvalue weighted by atomic mass is 10.00. The van der Waals surface area contributed by atoms with E-state index in [4.69, 9.17) is 0 Å². The van der Waals surface area contributed by atoms with Crippen molar-refractivity contribution in [2.45, 2.75) is 32.7 Å². The lowest BCUT2D eigenvalue weighted by Crippen LogP contribution is -2.30. The van der Waals surface area contributed by atoms with Crippen molar-refractivity contribution in [3.63, 3.8) is 0 Å². The molecule has 1 atom stereocenters. The Morgan fingerprint density at radius 2 is 1.83 bits per heavy atom. The van der Waals surface area contributed by atoms with Gasteiger partial charge in [-0.1, -0.05) is 29.8 Å². The van der Waals surface area contributed by atoms with Crippen LogP contribution >= 0.6 is 0 Å². The molecule has 0 aromatic heterocycles. The minimum atomic E-state index is -0.434. The summed E-state index contributed by atoms with van der Waals surface area (Å²) in [6, 6.07) is 12.7. The number of carbonyl (C=O) groups is 1. The summed E-state index contributed by atoms with van der Waals surface area (Å²) in [5, 5.41) is 14.0. The van der Waals surface area contributed by atoms with Crippen LogP contribution in [0.5, 0.6) is 0 Å². The number of nitrogens with zero attached hydrogens (tertiary/aromatic N) is 1. The molecule has 24 heavy (non-hydrogen) atoms. The molecule has 2 aromatic carbocycles. The van der Waals surface area contributed by atoms with Crippen LogP contribution in [0.4, 0.5) is 5.69 Å². The quantitative estimate of drug-likeness (QED) is 0.665. The summed E-state index contributed by atoms with van der Waals surface area (Å²) in [6.07, 6.45) is 2.22. The summed E-state index contributed by atoms with van der Waals surface area (Å²) >= 11 is 0. The number of benzene rings is 2. The van der Waals surface area contributed by atoms with Gasteiger partial charge in [0.25, 0.3) is 11.6 Å². The lowest BCUT2D eigenvalue weighted by molar-refractivity contribution is -0.385. The van der Waals surface area contributed by atoms with Crippen LogP contribution in [0.25, 0.3) is 0 Å². The largest absolute Gasteiger partial charge is 0.345 e. The number of hydrogen-bond donors (Lipinski definition) is 1. The van der Waals surface area contributed by atoms with Crippen molar-refractivity contribution >= 4 is 11.6 Å². The van der Waals surface area contributed by atoms with Gasteiger partial charge in [0, 0.05) is 17.2 Å². The van der Waals surface area contributed by atoms with Crippen LogP contribution in [0.1, 0.15) is 45.9 Å². The zero-order chi connectivity index (χ0) is 17.3. The van der Waals surface area contributed by atoms with Crippen LogP contribution in [0.2, 0.25) is 0 Å². The van der Waals surface area contributed by atoms with E-state index in [0.717, 1.165) is 18.4 Å². The minimum absolute atomic E-state index is 0.00593. The summed E-state index contributed by atoms with van der Waals surface area (Å²) in [5.41, 5.74) is 3.27. The van der Waals surface area contributed by atoms with Crippen molar-refractivity contribution in [2.75, 3.05) is 0 Å². The Morgan fingerprint density at radius 3 is 2.38 bits per heavy atom. The molecule has 2 aromatic rings. The molecule has 1 fully saturated rings. The average Bonchev–Trinajstić information content (AvgIpc) is 3.37. The van der Waals surface area contributed by atoms with Gasteiger partial charge >= 0.3 is 0 Å². The molecule has 0 bridgehead atoms. The number of hydrogen-bond acceptors (Lipinski definition) is 3. The van der Waals surface area contributed by atoms with Gasteiger partial charge in [0.15, 0.2) is 0 Å². The van der Waals surface area contributed by atoms with Crippen molar-refractivity contribution in [2.24, 2.45) is 5.92 Å². The summed E-state index contributed by atoms with van der Waals surface area (Å²) in [7, 11) is 0. The summed E-state index contributed by atoms with van der Waals surface area (Å²) in [5.74, 6) is 0.279. The zero-order valence-electron chi connectivity index (χ0n) is 13.8. The molecule has 1 amide bonds. The molecule has 0 radical (unpaired) electrons. The average molecular weight is 324 g/mol. The maximum Gasteiger partial charge on any atom is 0.272 e. The topological polar surface area (TPSA) is 72.2 Å². The van der Waals surface area contributed by atoms with E-state index in [1.54, 1.807) is 13.0 Å². The van der Waals surface area contributed by atoms with Crippen LogP contribution in [-0.2, 0) is 0 Å². The molecule has 0 heterocycles. The second-order valence-corrected chi connectivity index (χ2v) is 6.46. The third kappa shape index (κ3) is 3.45. The van der Waals surface area contributed by atoms with Gasteiger partial charge < -0.3 is 5.32 Å². The van der Waals surface area contributed by atoms with Gasteiger partial charge in [-0.3, -0.25) is 14.9 Å². The summed E-state index contributed by atoms with van der Waals surface area (Å²) in [6.45, 7) is 3.68. The van der Waals surface area contributed by atoms with E-state index in [-0.39, 0.29) is 17.6 Å². The fourth-order valence-corrected chi connectivity index (χ4v) is 2.90. The second kappa shape index (κ2) is 6.43. The minimum Gasteiger partial charge on any atom is -0.345 e. The second-order valence-electron chi connectivity index (χ2n) is 6.46.